The molecule has 0 aromatic heterocycles. The van der Waals surface area contributed by atoms with Crippen molar-refractivity contribution in [3.8, 4) is 6.07 Å². The first-order valence-electron chi connectivity index (χ1n) is 6.26. The highest BCUT2D eigenvalue weighted by molar-refractivity contribution is 5.96. The van der Waals surface area contributed by atoms with Gasteiger partial charge in [-0.15, -0.1) is 0 Å². The number of nitro groups is 1. The summed E-state index contributed by atoms with van der Waals surface area (Å²) < 4.78 is 27.6. The minimum absolute atomic E-state index is 0.382. The van der Waals surface area contributed by atoms with Gasteiger partial charge in [0, 0.05) is 6.07 Å². The van der Waals surface area contributed by atoms with Gasteiger partial charge in [-0.25, -0.2) is 4.39 Å². The molecular formula is C13H11F2N3O3. The van der Waals surface area contributed by atoms with Crippen molar-refractivity contribution in [3.63, 3.8) is 0 Å². The molecule has 0 atom stereocenters. The fourth-order valence-electron chi connectivity index (χ4n) is 2.41. The van der Waals surface area contributed by atoms with Gasteiger partial charge >= 0.3 is 5.69 Å². The van der Waals surface area contributed by atoms with E-state index in [2.05, 4.69) is 5.32 Å². The summed E-state index contributed by atoms with van der Waals surface area (Å²) in [5.41, 5.74) is -3.19. The molecule has 1 N–H and O–H groups in total. The lowest BCUT2D eigenvalue weighted by Crippen LogP contribution is -2.45. The minimum atomic E-state index is -1.54. The molecule has 8 heteroatoms. The number of carbonyl (C=O) groups excluding carboxylic acids is 1. The van der Waals surface area contributed by atoms with E-state index in [9.17, 15) is 23.7 Å². The average molecular weight is 295 g/mol. The number of nitro benzene ring substituents is 1. The molecule has 0 saturated heterocycles. The van der Waals surface area contributed by atoms with Gasteiger partial charge in [0.05, 0.1) is 11.0 Å². The van der Waals surface area contributed by atoms with Gasteiger partial charge in [-0.05, 0) is 31.7 Å². The highest BCUT2D eigenvalue weighted by atomic mass is 19.1. The number of nitriles is 1. The zero-order valence-corrected chi connectivity index (χ0v) is 10.9. The minimum Gasteiger partial charge on any atom is -0.334 e. The number of carbonyl (C=O) groups is 1. The predicted molar refractivity (Wildman–Crippen MR) is 67.3 cm³/mol. The normalized spacial score (nSPS) is 16.2. The van der Waals surface area contributed by atoms with Crippen LogP contribution in [0.25, 0.3) is 0 Å². The largest absolute Gasteiger partial charge is 0.334 e. The number of amides is 1. The lowest BCUT2D eigenvalue weighted by molar-refractivity contribution is -0.387. The Morgan fingerprint density at radius 1 is 1.38 bits per heavy atom. The predicted octanol–water partition coefficient (Wildman–Crippen LogP) is 2.44. The van der Waals surface area contributed by atoms with E-state index in [1.165, 1.54) is 0 Å². The van der Waals surface area contributed by atoms with E-state index in [1.54, 1.807) is 0 Å². The van der Waals surface area contributed by atoms with Crippen LogP contribution in [0.4, 0.5) is 14.5 Å². The third-order valence-electron chi connectivity index (χ3n) is 3.52. The monoisotopic (exact) mass is 295 g/mol. The number of halogens is 2. The van der Waals surface area contributed by atoms with Crippen molar-refractivity contribution in [3.05, 3.63) is 39.4 Å². The van der Waals surface area contributed by atoms with Crippen molar-refractivity contribution in [2.75, 3.05) is 0 Å². The fourth-order valence-corrected chi connectivity index (χ4v) is 2.41. The third-order valence-corrected chi connectivity index (χ3v) is 3.52. The first kappa shape index (κ1) is 14.8. The van der Waals surface area contributed by atoms with Crippen molar-refractivity contribution in [1.82, 2.24) is 5.32 Å². The highest BCUT2D eigenvalue weighted by Gasteiger charge is 2.37. The van der Waals surface area contributed by atoms with E-state index >= 15 is 0 Å². The molecule has 1 fully saturated rings. The molecule has 1 aliphatic carbocycles. The Kier molecular flexibility index (Phi) is 3.84. The summed E-state index contributed by atoms with van der Waals surface area (Å²) in [6, 6.07) is 3.25. The lowest BCUT2D eigenvalue weighted by Gasteiger charge is -2.22. The highest BCUT2D eigenvalue weighted by Crippen LogP contribution is 2.30. The second kappa shape index (κ2) is 5.44. The van der Waals surface area contributed by atoms with E-state index < -0.39 is 39.3 Å². The molecule has 1 amide bonds. The van der Waals surface area contributed by atoms with Crippen LogP contribution in [0.15, 0.2) is 12.1 Å². The summed E-state index contributed by atoms with van der Waals surface area (Å²) in [5, 5.41) is 22.1. The molecule has 1 saturated carbocycles. The van der Waals surface area contributed by atoms with E-state index in [0.717, 1.165) is 0 Å². The Hall–Kier alpha value is -2.56. The number of nitrogens with zero attached hydrogens (tertiary/aromatic N) is 2. The molecule has 0 unspecified atom stereocenters. The van der Waals surface area contributed by atoms with Crippen LogP contribution in [-0.4, -0.2) is 16.4 Å². The summed E-state index contributed by atoms with van der Waals surface area (Å²) in [5.74, 6) is -3.90. The second-order valence-electron chi connectivity index (χ2n) is 4.87. The fraction of sp³-hybridized carbons (Fsp3) is 0.385. The summed E-state index contributed by atoms with van der Waals surface area (Å²) in [6.07, 6.45) is 2.20. The van der Waals surface area contributed by atoms with Crippen LogP contribution in [0.1, 0.15) is 36.0 Å². The Bertz CT molecular complexity index is 649. The Balaban J connectivity index is 2.38. The van der Waals surface area contributed by atoms with Gasteiger partial charge in [0.2, 0.25) is 5.82 Å². The van der Waals surface area contributed by atoms with Gasteiger partial charge in [0.15, 0.2) is 0 Å². The van der Waals surface area contributed by atoms with Crippen LogP contribution in [0.5, 0.6) is 0 Å². The number of benzene rings is 1. The molecule has 1 aromatic carbocycles. The van der Waals surface area contributed by atoms with Crippen LogP contribution >= 0.6 is 0 Å². The van der Waals surface area contributed by atoms with Crippen LogP contribution < -0.4 is 5.32 Å². The van der Waals surface area contributed by atoms with E-state index in [1.807, 2.05) is 6.07 Å². The summed E-state index contributed by atoms with van der Waals surface area (Å²) in [6.45, 7) is 0. The molecular weight excluding hydrogens is 284 g/mol. The second-order valence-corrected chi connectivity index (χ2v) is 4.87. The number of hydrogen-bond acceptors (Lipinski definition) is 4. The van der Waals surface area contributed by atoms with Gasteiger partial charge in [-0.2, -0.15) is 9.65 Å². The zero-order chi connectivity index (χ0) is 15.6. The molecule has 110 valence electrons. The van der Waals surface area contributed by atoms with Crippen LogP contribution in [0, 0.1) is 33.1 Å². The molecule has 2 rings (SSSR count). The number of hydrogen-bond donors (Lipinski definition) is 1. The summed E-state index contributed by atoms with van der Waals surface area (Å²) in [7, 11) is 0. The van der Waals surface area contributed by atoms with Crippen molar-refractivity contribution in [2.24, 2.45) is 0 Å². The summed E-state index contributed by atoms with van der Waals surface area (Å²) in [4.78, 5) is 21.6. The van der Waals surface area contributed by atoms with Gasteiger partial charge in [-0.3, -0.25) is 14.9 Å². The smallest absolute Gasteiger partial charge is 0.305 e. The van der Waals surface area contributed by atoms with Crippen molar-refractivity contribution < 1.29 is 18.5 Å². The van der Waals surface area contributed by atoms with Crippen molar-refractivity contribution >= 4 is 11.6 Å². The molecule has 1 aliphatic rings. The quantitative estimate of drug-likeness (QED) is 0.684. The van der Waals surface area contributed by atoms with Crippen LogP contribution in [0.3, 0.4) is 0 Å². The van der Waals surface area contributed by atoms with Crippen LogP contribution in [-0.2, 0) is 0 Å². The lowest BCUT2D eigenvalue weighted by atomic mass is 9.99. The molecule has 0 radical (unpaired) electrons. The van der Waals surface area contributed by atoms with E-state index in [0.29, 0.717) is 37.8 Å². The maximum Gasteiger partial charge on any atom is 0.305 e. The van der Waals surface area contributed by atoms with E-state index in [4.69, 9.17) is 5.26 Å². The third kappa shape index (κ3) is 2.67. The Labute approximate surface area is 118 Å². The molecule has 1 aromatic rings. The van der Waals surface area contributed by atoms with Gasteiger partial charge < -0.3 is 5.32 Å². The van der Waals surface area contributed by atoms with Crippen LogP contribution in [0.2, 0.25) is 0 Å². The standard InChI is InChI=1S/C13H11F2N3O3/c14-8-3-4-9(18(20)21)11(15)10(8)12(19)17-13(7-16)5-1-2-6-13/h3-4H,1-2,5-6H2,(H,17,19). The Morgan fingerprint density at radius 2 is 2.00 bits per heavy atom. The molecule has 0 aliphatic heterocycles. The van der Waals surface area contributed by atoms with Gasteiger partial charge in [-0.1, -0.05) is 0 Å². The van der Waals surface area contributed by atoms with Crippen molar-refractivity contribution in [2.45, 2.75) is 31.2 Å². The van der Waals surface area contributed by atoms with Crippen molar-refractivity contribution in [1.29, 1.82) is 5.26 Å². The molecule has 0 spiro atoms. The first-order valence-corrected chi connectivity index (χ1v) is 6.26. The molecule has 21 heavy (non-hydrogen) atoms. The molecule has 0 heterocycles. The molecule has 0 bridgehead atoms. The number of nitrogens with one attached hydrogen (secondary N) is 1. The maximum atomic E-state index is 13.9. The van der Waals surface area contributed by atoms with Gasteiger partial charge in [0.25, 0.3) is 5.91 Å². The van der Waals surface area contributed by atoms with Gasteiger partial charge in [0.1, 0.15) is 16.9 Å². The topological polar surface area (TPSA) is 96.0 Å². The first-order chi connectivity index (χ1) is 9.90. The number of rotatable bonds is 3. The SMILES string of the molecule is N#CC1(NC(=O)c2c(F)ccc([N+](=O)[O-])c2F)CCCC1. The summed E-state index contributed by atoms with van der Waals surface area (Å²) >= 11 is 0. The zero-order valence-electron chi connectivity index (χ0n) is 10.9. The maximum absolute atomic E-state index is 13.9. The average Bonchev–Trinajstić information content (AvgIpc) is 2.87. The van der Waals surface area contributed by atoms with E-state index in [-0.39, 0.29) is 0 Å². The molecule has 6 nitrogen and oxygen atoms in total. The Morgan fingerprint density at radius 3 is 2.52 bits per heavy atom.